The molecule has 0 radical (unpaired) electrons. The molecule has 0 aliphatic carbocycles. The molecule has 0 saturated carbocycles. The SMILES string of the molecule is CCC(CC)N(C)C(=O)NC(=O)COCC(=O)O. The van der Waals surface area contributed by atoms with Crippen LogP contribution in [0, 0.1) is 0 Å². The standard InChI is InChI=1S/C11H20N2O5/c1-4-8(5-2)13(3)11(17)12-9(14)6-18-7-10(15)16/h8H,4-7H2,1-3H3,(H,15,16)(H,12,14,17). The Morgan fingerprint density at radius 2 is 1.78 bits per heavy atom. The number of carbonyl (C=O) groups excluding carboxylic acids is 2. The third kappa shape index (κ3) is 6.19. The molecule has 0 unspecified atom stereocenters. The zero-order valence-corrected chi connectivity index (χ0v) is 10.9. The van der Waals surface area contributed by atoms with Gasteiger partial charge in [-0.15, -0.1) is 0 Å². The third-order valence-electron chi connectivity index (χ3n) is 2.52. The number of rotatable bonds is 7. The summed E-state index contributed by atoms with van der Waals surface area (Å²) in [5, 5.41) is 10.4. The van der Waals surface area contributed by atoms with E-state index in [0.29, 0.717) is 0 Å². The Labute approximate surface area is 106 Å². The molecule has 18 heavy (non-hydrogen) atoms. The average molecular weight is 260 g/mol. The predicted molar refractivity (Wildman–Crippen MR) is 64.1 cm³/mol. The van der Waals surface area contributed by atoms with Crippen LogP contribution in [0.4, 0.5) is 4.79 Å². The number of carboxylic acid groups (broad SMARTS) is 1. The second kappa shape index (κ2) is 8.46. The summed E-state index contributed by atoms with van der Waals surface area (Å²) in [7, 11) is 1.61. The predicted octanol–water partition coefficient (Wildman–Crippen LogP) is 0.444. The molecule has 0 aliphatic rings. The summed E-state index contributed by atoms with van der Waals surface area (Å²) in [6.07, 6.45) is 1.59. The van der Waals surface area contributed by atoms with E-state index in [-0.39, 0.29) is 6.04 Å². The second-order valence-electron chi connectivity index (χ2n) is 3.82. The molecule has 0 fully saturated rings. The summed E-state index contributed by atoms with van der Waals surface area (Å²) in [4.78, 5) is 34.5. The van der Waals surface area contributed by atoms with Crippen molar-refractivity contribution in [3.8, 4) is 0 Å². The van der Waals surface area contributed by atoms with E-state index in [1.807, 2.05) is 13.8 Å². The lowest BCUT2D eigenvalue weighted by atomic mass is 10.1. The van der Waals surface area contributed by atoms with Crippen molar-refractivity contribution in [2.24, 2.45) is 0 Å². The molecule has 7 nitrogen and oxygen atoms in total. The maximum absolute atomic E-state index is 11.6. The Balaban J connectivity index is 4.06. The first-order valence-corrected chi connectivity index (χ1v) is 5.78. The van der Waals surface area contributed by atoms with Crippen LogP contribution in [-0.2, 0) is 14.3 Å². The number of hydrogen-bond acceptors (Lipinski definition) is 4. The molecule has 0 rings (SSSR count). The number of nitrogens with zero attached hydrogens (tertiary/aromatic N) is 1. The van der Waals surface area contributed by atoms with Gasteiger partial charge in [-0.1, -0.05) is 13.8 Å². The zero-order valence-electron chi connectivity index (χ0n) is 10.9. The van der Waals surface area contributed by atoms with Crippen molar-refractivity contribution in [1.29, 1.82) is 0 Å². The monoisotopic (exact) mass is 260 g/mol. The van der Waals surface area contributed by atoms with Crippen LogP contribution in [0.3, 0.4) is 0 Å². The van der Waals surface area contributed by atoms with Crippen LogP contribution in [-0.4, -0.2) is 54.2 Å². The number of ether oxygens (including phenoxy) is 1. The fraction of sp³-hybridized carbons (Fsp3) is 0.727. The van der Waals surface area contributed by atoms with Crippen molar-refractivity contribution in [3.05, 3.63) is 0 Å². The molecule has 104 valence electrons. The first-order valence-electron chi connectivity index (χ1n) is 5.78. The van der Waals surface area contributed by atoms with Gasteiger partial charge in [-0.25, -0.2) is 9.59 Å². The molecule has 0 saturated heterocycles. The van der Waals surface area contributed by atoms with Crippen molar-refractivity contribution in [2.45, 2.75) is 32.7 Å². The first-order chi connectivity index (χ1) is 8.42. The van der Waals surface area contributed by atoms with Gasteiger partial charge in [-0.05, 0) is 12.8 Å². The van der Waals surface area contributed by atoms with Gasteiger partial charge in [0, 0.05) is 13.1 Å². The van der Waals surface area contributed by atoms with Gasteiger partial charge in [0.2, 0.25) is 0 Å². The van der Waals surface area contributed by atoms with E-state index < -0.39 is 31.1 Å². The lowest BCUT2D eigenvalue weighted by Crippen LogP contribution is -2.46. The summed E-state index contributed by atoms with van der Waals surface area (Å²) in [6, 6.07) is -0.439. The Morgan fingerprint density at radius 3 is 2.22 bits per heavy atom. The third-order valence-corrected chi connectivity index (χ3v) is 2.52. The van der Waals surface area contributed by atoms with Crippen LogP contribution in [0.5, 0.6) is 0 Å². The number of aliphatic carboxylic acids is 1. The van der Waals surface area contributed by atoms with Gasteiger partial charge in [0.15, 0.2) is 0 Å². The van der Waals surface area contributed by atoms with Crippen molar-refractivity contribution < 1.29 is 24.2 Å². The fourth-order valence-corrected chi connectivity index (χ4v) is 1.48. The number of nitrogens with one attached hydrogen (secondary N) is 1. The van der Waals surface area contributed by atoms with E-state index in [1.165, 1.54) is 4.90 Å². The number of amides is 3. The lowest BCUT2D eigenvalue weighted by Gasteiger charge is -2.25. The summed E-state index contributed by atoms with van der Waals surface area (Å²) >= 11 is 0. The number of urea groups is 1. The Hall–Kier alpha value is -1.63. The molecule has 0 aromatic rings. The molecule has 0 aromatic carbocycles. The minimum atomic E-state index is -1.16. The number of imide groups is 1. The zero-order chi connectivity index (χ0) is 14.1. The smallest absolute Gasteiger partial charge is 0.329 e. The van der Waals surface area contributed by atoms with Crippen LogP contribution >= 0.6 is 0 Å². The van der Waals surface area contributed by atoms with Crippen LogP contribution in [0.1, 0.15) is 26.7 Å². The molecule has 0 bridgehead atoms. The van der Waals surface area contributed by atoms with E-state index in [4.69, 9.17) is 5.11 Å². The Kier molecular flexibility index (Phi) is 7.69. The van der Waals surface area contributed by atoms with E-state index in [0.717, 1.165) is 12.8 Å². The maximum Gasteiger partial charge on any atom is 0.329 e. The fourth-order valence-electron chi connectivity index (χ4n) is 1.48. The van der Waals surface area contributed by atoms with Crippen LogP contribution in [0.15, 0.2) is 0 Å². The highest BCUT2D eigenvalue weighted by Gasteiger charge is 2.18. The van der Waals surface area contributed by atoms with Crippen molar-refractivity contribution in [2.75, 3.05) is 20.3 Å². The van der Waals surface area contributed by atoms with Gasteiger partial charge in [-0.3, -0.25) is 10.1 Å². The number of carbonyl (C=O) groups is 3. The summed E-state index contributed by atoms with van der Waals surface area (Å²) < 4.78 is 4.57. The average Bonchev–Trinajstić information content (AvgIpc) is 2.29. The summed E-state index contributed by atoms with van der Waals surface area (Å²) in [5.74, 6) is -1.82. The van der Waals surface area contributed by atoms with Gasteiger partial charge < -0.3 is 14.7 Å². The van der Waals surface area contributed by atoms with Crippen LogP contribution in [0.2, 0.25) is 0 Å². The second-order valence-corrected chi connectivity index (χ2v) is 3.82. The van der Waals surface area contributed by atoms with Gasteiger partial charge in [-0.2, -0.15) is 0 Å². The molecule has 0 aliphatic heterocycles. The highest BCUT2D eigenvalue weighted by molar-refractivity contribution is 5.95. The normalized spacial score (nSPS) is 10.2. The Bertz CT molecular complexity index is 302. The van der Waals surface area contributed by atoms with Crippen LogP contribution < -0.4 is 5.32 Å². The van der Waals surface area contributed by atoms with Crippen molar-refractivity contribution in [1.82, 2.24) is 10.2 Å². The number of carboxylic acids is 1. The molecule has 7 heteroatoms. The largest absolute Gasteiger partial charge is 0.480 e. The molecule has 3 amide bonds. The van der Waals surface area contributed by atoms with Crippen molar-refractivity contribution in [3.63, 3.8) is 0 Å². The van der Waals surface area contributed by atoms with Gasteiger partial charge in [0.25, 0.3) is 5.91 Å². The lowest BCUT2D eigenvalue weighted by molar-refractivity contribution is -0.143. The van der Waals surface area contributed by atoms with Gasteiger partial charge in [0.1, 0.15) is 13.2 Å². The molecule has 0 heterocycles. The molecule has 0 atom stereocenters. The van der Waals surface area contributed by atoms with E-state index >= 15 is 0 Å². The quantitative estimate of drug-likeness (QED) is 0.692. The topological polar surface area (TPSA) is 95.9 Å². The first kappa shape index (κ1) is 16.4. The number of hydrogen-bond donors (Lipinski definition) is 2. The minimum Gasteiger partial charge on any atom is -0.480 e. The van der Waals surface area contributed by atoms with E-state index in [9.17, 15) is 14.4 Å². The molecule has 2 N–H and O–H groups in total. The molecule has 0 aromatic heterocycles. The molecule has 0 spiro atoms. The minimum absolute atomic E-state index is 0.0673. The van der Waals surface area contributed by atoms with Gasteiger partial charge in [0.05, 0.1) is 0 Å². The molecular formula is C11H20N2O5. The highest BCUT2D eigenvalue weighted by atomic mass is 16.5. The van der Waals surface area contributed by atoms with Crippen LogP contribution in [0.25, 0.3) is 0 Å². The maximum atomic E-state index is 11.6. The van der Waals surface area contributed by atoms with Gasteiger partial charge >= 0.3 is 12.0 Å². The molecular weight excluding hydrogens is 240 g/mol. The van der Waals surface area contributed by atoms with E-state index in [2.05, 4.69) is 10.1 Å². The van der Waals surface area contributed by atoms with Crippen molar-refractivity contribution >= 4 is 17.9 Å². The highest BCUT2D eigenvalue weighted by Crippen LogP contribution is 2.05. The van der Waals surface area contributed by atoms with E-state index in [1.54, 1.807) is 7.05 Å². The summed E-state index contributed by atoms with van der Waals surface area (Å²) in [5.41, 5.74) is 0. The summed E-state index contributed by atoms with van der Waals surface area (Å²) in [6.45, 7) is 2.89. The Morgan fingerprint density at radius 1 is 1.22 bits per heavy atom.